The fraction of sp³-hybridized carbons (Fsp3) is 0.538. The van der Waals surface area contributed by atoms with Crippen LogP contribution in [0.3, 0.4) is 0 Å². The second kappa shape index (κ2) is 8.32. The van der Waals surface area contributed by atoms with Crippen molar-refractivity contribution in [3.05, 3.63) is 29.8 Å². The highest BCUT2D eigenvalue weighted by atomic mass is 35.5. The normalized spacial score (nSPS) is 19.1. The SMILES string of the molecule is COCCOc1ccc(C2CNCCN2)cc1.Cl. The smallest absolute Gasteiger partial charge is 0.119 e. The summed E-state index contributed by atoms with van der Waals surface area (Å²) in [5.74, 6) is 0.898. The quantitative estimate of drug-likeness (QED) is 0.795. The van der Waals surface area contributed by atoms with Crippen LogP contribution in [0.25, 0.3) is 0 Å². The molecule has 4 nitrogen and oxygen atoms in total. The summed E-state index contributed by atoms with van der Waals surface area (Å²) in [7, 11) is 1.67. The van der Waals surface area contributed by atoms with Gasteiger partial charge in [0.1, 0.15) is 12.4 Å². The van der Waals surface area contributed by atoms with Crippen molar-refractivity contribution < 1.29 is 9.47 Å². The predicted octanol–water partition coefficient (Wildman–Crippen LogP) is 1.37. The van der Waals surface area contributed by atoms with Gasteiger partial charge in [0.2, 0.25) is 0 Å². The van der Waals surface area contributed by atoms with E-state index in [9.17, 15) is 0 Å². The Morgan fingerprint density at radius 3 is 2.56 bits per heavy atom. The number of hydrogen-bond donors (Lipinski definition) is 2. The lowest BCUT2D eigenvalue weighted by Gasteiger charge is -2.24. The molecule has 2 N–H and O–H groups in total. The molecule has 1 aromatic carbocycles. The summed E-state index contributed by atoms with van der Waals surface area (Å²) < 4.78 is 10.5. The summed E-state index contributed by atoms with van der Waals surface area (Å²) in [5.41, 5.74) is 1.30. The fourth-order valence-electron chi connectivity index (χ4n) is 1.93. The maximum atomic E-state index is 5.53. The zero-order valence-corrected chi connectivity index (χ0v) is 11.5. The van der Waals surface area contributed by atoms with Crippen LogP contribution in [0.5, 0.6) is 5.75 Å². The molecule has 1 atom stereocenters. The predicted molar refractivity (Wildman–Crippen MR) is 74.7 cm³/mol. The minimum atomic E-state index is 0. The summed E-state index contributed by atoms with van der Waals surface area (Å²) in [6, 6.07) is 8.68. The molecule has 5 heteroatoms. The molecule has 1 heterocycles. The first kappa shape index (κ1) is 15.2. The van der Waals surface area contributed by atoms with E-state index in [1.165, 1.54) is 5.56 Å². The Labute approximate surface area is 114 Å². The summed E-state index contributed by atoms with van der Waals surface area (Å²) in [6.45, 7) is 4.28. The van der Waals surface area contributed by atoms with Crippen LogP contribution in [0.1, 0.15) is 11.6 Å². The molecule has 0 aliphatic carbocycles. The van der Waals surface area contributed by atoms with Crippen LogP contribution in [-0.2, 0) is 4.74 Å². The van der Waals surface area contributed by atoms with Crippen molar-refractivity contribution in [2.75, 3.05) is 40.0 Å². The lowest BCUT2D eigenvalue weighted by molar-refractivity contribution is 0.146. The van der Waals surface area contributed by atoms with Gasteiger partial charge in [0.05, 0.1) is 6.61 Å². The van der Waals surface area contributed by atoms with Gasteiger partial charge in [-0.1, -0.05) is 12.1 Å². The van der Waals surface area contributed by atoms with Crippen LogP contribution < -0.4 is 15.4 Å². The van der Waals surface area contributed by atoms with Gasteiger partial charge in [0, 0.05) is 32.8 Å². The van der Waals surface area contributed by atoms with E-state index in [0.717, 1.165) is 25.4 Å². The van der Waals surface area contributed by atoms with Crippen LogP contribution in [-0.4, -0.2) is 40.0 Å². The third kappa shape index (κ3) is 4.46. The standard InChI is InChI=1S/C13H20N2O2.ClH/c1-16-8-9-17-12-4-2-11(3-5-12)13-10-14-6-7-15-13;/h2-5,13-15H,6-10H2,1H3;1H. The number of ether oxygens (including phenoxy) is 2. The zero-order chi connectivity index (χ0) is 11.9. The van der Waals surface area contributed by atoms with Gasteiger partial charge in [-0.2, -0.15) is 0 Å². The highest BCUT2D eigenvalue weighted by Gasteiger charge is 2.13. The molecule has 18 heavy (non-hydrogen) atoms. The number of benzene rings is 1. The Morgan fingerprint density at radius 1 is 1.17 bits per heavy atom. The van der Waals surface area contributed by atoms with E-state index in [4.69, 9.17) is 9.47 Å². The molecule has 102 valence electrons. The number of piperazine rings is 1. The third-order valence-corrected chi connectivity index (χ3v) is 2.88. The lowest BCUT2D eigenvalue weighted by atomic mass is 10.1. The molecule has 1 aliphatic rings. The average molecular weight is 273 g/mol. The molecular weight excluding hydrogens is 252 g/mol. The summed E-state index contributed by atoms with van der Waals surface area (Å²) in [6.07, 6.45) is 0. The van der Waals surface area contributed by atoms with Crippen molar-refractivity contribution in [2.24, 2.45) is 0 Å². The van der Waals surface area contributed by atoms with Crippen LogP contribution in [0.15, 0.2) is 24.3 Å². The topological polar surface area (TPSA) is 42.5 Å². The highest BCUT2D eigenvalue weighted by molar-refractivity contribution is 5.85. The van der Waals surface area contributed by atoms with E-state index in [-0.39, 0.29) is 12.4 Å². The second-order valence-electron chi connectivity index (χ2n) is 4.12. The van der Waals surface area contributed by atoms with Gasteiger partial charge in [-0.05, 0) is 17.7 Å². The van der Waals surface area contributed by atoms with Crippen LogP contribution in [0.4, 0.5) is 0 Å². The minimum absolute atomic E-state index is 0. The van der Waals surface area contributed by atoms with Crippen LogP contribution >= 0.6 is 12.4 Å². The Balaban J connectivity index is 0.00000162. The monoisotopic (exact) mass is 272 g/mol. The van der Waals surface area contributed by atoms with E-state index in [1.54, 1.807) is 7.11 Å². The zero-order valence-electron chi connectivity index (χ0n) is 10.6. The van der Waals surface area contributed by atoms with Crippen LogP contribution in [0.2, 0.25) is 0 Å². The molecule has 1 fully saturated rings. The number of rotatable bonds is 5. The summed E-state index contributed by atoms with van der Waals surface area (Å²) in [4.78, 5) is 0. The van der Waals surface area contributed by atoms with E-state index in [1.807, 2.05) is 12.1 Å². The first-order chi connectivity index (χ1) is 8.40. The molecular formula is C13H21ClN2O2. The van der Waals surface area contributed by atoms with E-state index in [0.29, 0.717) is 19.3 Å². The maximum Gasteiger partial charge on any atom is 0.119 e. The van der Waals surface area contributed by atoms with Crippen molar-refractivity contribution in [1.29, 1.82) is 0 Å². The van der Waals surface area contributed by atoms with Gasteiger partial charge in [-0.15, -0.1) is 12.4 Å². The second-order valence-corrected chi connectivity index (χ2v) is 4.12. The molecule has 0 radical (unpaired) electrons. The van der Waals surface area contributed by atoms with Gasteiger partial charge in [-0.25, -0.2) is 0 Å². The summed E-state index contributed by atoms with van der Waals surface area (Å²) >= 11 is 0. The van der Waals surface area contributed by atoms with E-state index in [2.05, 4.69) is 22.8 Å². The maximum absolute atomic E-state index is 5.53. The molecule has 1 aromatic rings. The fourth-order valence-corrected chi connectivity index (χ4v) is 1.93. The van der Waals surface area contributed by atoms with Crippen molar-refractivity contribution >= 4 is 12.4 Å². The average Bonchev–Trinajstić information content (AvgIpc) is 2.41. The van der Waals surface area contributed by atoms with Crippen LogP contribution in [0, 0.1) is 0 Å². The van der Waals surface area contributed by atoms with E-state index >= 15 is 0 Å². The highest BCUT2D eigenvalue weighted by Crippen LogP contribution is 2.18. The van der Waals surface area contributed by atoms with E-state index < -0.39 is 0 Å². The lowest BCUT2D eigenvalue weighted by Crippen LogP contribution is -2.42. The summed E-state index contributed by atoms with van der Waals surface area (Å²) in [5, 5.41) is 6.86. The molecule has 0 saturated carbocycles. The Hall–Kier alpha value is -0.810. The molecule has 0 aromatic heterocycles. The minimum Gasteiger partial charge on any atom is -0.491 e. The van der Waals surface area contributed by atoms with Gasteiger partial charge in [-0.3, -0.25) is 0 Å². The van der Waals surface area contributed by atoms with Gasteiger partial charge < -0.3 is 20.1 Å². The van der Waals surface area contributed by atoms with Crippen molar-refractivity contribution in [3.8, 4) is 5.75 Å². The molecule has 2 rings (SSSR count). The third-order valence-electron chi connectivity index (χ3n) is 2.88. The van der Waals surface area contributed by atoms with Gasteiger partial charge in [0.15, 0.2) is 0 Å². The van der Waals surface area contributed by atoms with Gasteiger partial charge >= 0.3 is 0 Å². The molecule has 1 aliphatic heterocycles. The number of nitrogens with one attached hydrogen (secondary N) is 2. The Bertz CT molecular complexity index is 326. The first-order valence-electron chi connectivity index (χ1n) is 6.06. The van der Waals surface area contributed by atoms with Crippen molar-refractivity contribution in [3.63, 3.8) is 0 Å². The van der Waals surface area contributed by atoms with Gasteiger partial charge in [0.25, 0.3) is 0 Å². The molecule has 0 amide bonds. The molecule has 0 spiro atoms. The van der Waals surface area contributed by atoms with Crippen molar-refractivity contribution in [1.82, 2.24) is 10.6 Å². The Morgan fingerprint density at radius 2 is 1.94 bits per heavy atom. The first-order valence-corrected chi connectivity index (χ1v) is 6.06. The number of methoxy groups -OCH3 is 1. The molecule has 1 saturated heterocycles. The molecule has 1 unspecified atom stereocenters. The molecule has 0 bridgehead atoms. The number of hydrogen-bond acceptors (Lipinski definition) is 4. The largest absolute Gasteiger partial charge is 0.491 e. The Kier molecular flexibility index (Phi) is 7.05. The van der Waals surface area contributed by atoms with Crippen molar-refractivity contribution in [2.45, 2.75) is 6.04 Å². The number of halogens is 1.